The molecule has 2 N–H and O–H groups in total. The normalized spacial score (nSPS) is 15.9. The van der Waals surface area contributed by atoms with Gasteiger partial charge in [-0.05, 0) is 31.5 Å². The van der Waals surface area contributed by atoms with Crippen LogP contribution in [0.25, 0.3) is 21.9 Å². The molecule has 3 aromatic rings. The Morgan fingerprint density at radius 3 is 2.96 bits per heavy atom. The second-order valence-corrected chi connectivity index (χ2v) is 6.20. The number of aromatic nitrogens is 3. The van der Waals surface area contributed by atoms with Crippen molar-refractivity contribution in [3.05, 3.63) is 30.2 Å². The molecule has 24 heavy (non-hydrogen) atoms. The van der Waals surface area contributed by atoms with E-state index in [4.69, 9.17) is 0 Å². The minimum absolute atomic E-state index is 0.495. The van der Waals surface area contributed by atoms with Gasteiger partial charge < -0.3 is 15.2 Å². The second-order valence-electron chi connectivity index (χ2n) is 6.20. The van der Waals surface area contributed by atoms with Crippen molar-refractivity contribution < 1.29 is 0 Å². The van der Waals surface area contributed by atoms with Crippen LogP contribution in [-0.4, -0.2) is 40.6 Å². The molecule has 122 valence electrons. The van der Waals surface area contributed by atoms with Crippen LogP contribution < -0.4 is 10.2 Å². The third kappa shape index (κ3) is 2.38. The molecular formula is C18H20N6. The number of fused-ring (bicyclic) bond motifs is 3. The van der Waals surface area contributed by atoms with Crippen LogP contribution in [0, 0.1) is 11.3 Å². The van der Waals surface area contributed by atoms with E-state index in [0.717, 1.165) is 60.1 Å². The number of nitrogens with zero attached hydrogens (tertiary/aromatic N) is 4. The minimum atomic E-state index is 0.495. The molecule has 1 aliphatic heterocycles. The van der Waals surface area contributed by atoms with Gasteiger partial charge in [0.25, 0.3) is 0 Å². The number of H-pyrrole nitrogens is 1. The molecule has 4 rings (SSSR count). The highest BCUT2D eigenvalue weighted by Crippen LogP contribution is 2.35. The standard InChI is InChI=1S/C18H20N6/c1-2-20-12-5-8-24(9-6-12)17-14(10-19)22-11-15-16(17)13-4-3-7-21-18(13)23-15/h3-4,7,11-12,20H,2,5-6,8-9H2,1H3,(H,21,23). The summed E-state index contributed by atoms with van der Waals surface area (Å²) in [5.74, 6) is 0. The molecule has 0 aliphatic carbocycles. The second kappa shape index (κ2) is 6.10. The van der Waals surface area contributed by atoms with E-state index in [9.17, 15) is 5.26 Å². The number of piperidine rings is 1. The van der Waals surface area contributed by atoms with Gasteiger partial charge in [0.1, 0.15) is 11.7 Å². The van der Waals surface area contributed by atoms with E-state index >= 15 is 0 Å². The molecule has 1 saturated heterocycles. The molecule has 0 spiro atoms. The molecular weight excluding hydrogens is 300 g/mol. The molecule has 6 heteroatoms. The summed E-state index contributed by atoms with van der Waals surface area (Å²) in [6.45, 7) is 5.00. The summed E-state index contributed by atoms with van der Waals surface area (Å²) in [5.41, 5.74) is 3.22. The lowest BCUT2D eigenvalue weighted by Gasteiger charge is -2.34. The summed E-state index contributed by atoms with van der Waals surface area (Å²) in [6, 6.07) is 6.82. The molecule has 0 atom stereocenters. The lowest BCUT2D eigenvalue weighted by Crippen LogP contribution is -2.42. The molecule has 0 amide bonds. The van der Waals surface area contributed by atoms with Crippen LogP contribution in [0.3, 0.4) is 0 Å². The van der Waals surface area contributed by atoms with Crippen molar-refractivity contribution in [2.75, 3.05) is 24.5 Å². The predicted molar refractivity (Wildman–Crippen MR) is 95.0 cm³/mol. The lowest BCUT2D eigenvalue weighted by molar-refractivity contribution is 0.424. The van der Waals surface area contributed by atoms with Crippen LogP contribution in [0.4, 0.5) is 5.69 Å². The van der Waals surface area contributed by atoms with Gasteiger partial charge in [0.05, 0.1) is 17.4 Å². The molecule has 0 radical (unpaired) electrons. The number of aromatic amines is 1. The van der Waals surface area contributed by atoms with Crippen molar-refractivity contribution in [3.8, 4) is 6.07 Å². The highest BCUT2D eigenvalue weighted by atomic mass is 15.2. The molecule has 3 aromatic heterocycles. The van der Waals surface area contributed by atoms with Crippen LogP contribution in [0.2, 0.25) is 0 Å². The Labute approximate surface area is 140 Å². The van der Waals surface area contributed by atoms with Gasteiger partial charge in [-0.25, -0.2) is 9.97 Å². The van der Waals surface area contributed by atoms with Gasteiger partial charge >= 0.3 is 0 Å². The summed E-state index contributed by atoms with van der Waals surface area (Å²) in [4.78, 5) is 14.4. The number of anilines is 1. The summed E-state index contributed by atoms with van der Waals surface area (Å²) in [6.07, 6.45) is 5.67. The van der Waals surface area contributed by atoms with Crippen molar-refractivity contribution in [1.82, 2.24) is 20.3 Å². The Morgan fingerprint density at radius 2 is 2.21 bits per heavy atom. The Hall–Kier alpha value is -2.65. The van der Waals surface area contributed by atoms with Crippen LogP contribution in [0.1, 0.15) is 25.5 Å². The summed E-state index contributed by atoms with van der Waals surface area (Å²) >= 11 is 0. The van der Waals surface area contributed by atoms with E-state index < -0.39 is 0 Å². The summed E-state index contributed by atoms with van der Waals surface area (Å²) in [5, 5.41) is 15.2. The quantitative estimate of drug-likeness (QED) is 0.775. The fourth-order valence-electron chi connectivity index (χ4n) is 3.69. The molecule has 6 nitrogen and oxygen atoms in total. The van der Waals surface area contributed by atoms with Crippen molar-refractivity contribution >= 4 is 27.6 Å². The number of hydrogen-bond donors (Lipinski definition) is 2. The van der Waals surface area contributed by atoms with Gasteiger partial charge in [0.15, 0.2) is 5.69 Å². The highest BCUT2D eigenvalue weighted by Gasteiger charge is 2.24. The van der Waals surface area contributed by atoms with Crippen LogP contribution in [-0.2, 0) is 0 Å². The van der Waals surface area contributed by atoms with Gasteiger partial charge in [-0.3, -0.25) is 0 Å². The summed E-state index contributed by atoms with van der Waals surface area (Å²) in [7, 11) is 0. The van der Waals surface area contributed by atoms with Crippen LogP contribution in [0.5, 0.6) is 0 Å². The zero-order valence-corrected chi connectivity index (χ0v) is 13.7. The van der Waals surface area contributed by atoms with E-state index in [1.807, 2.05) is 6.07 Å². The van der Waals surface area contributed by atoms with Gasteiger partial charge in [-0.1, -0.05) is 6.92 Å². The van der Waals surface area contributed by atoms with Crippen molar-refractivity contribution in [2.45, 2.75) is 25.8 Å². The average Bonchev–Trinajstić information content (AvgIpc) is 3.00. The van der Waals surface area contributed by atoms with E-state index in [-0.39, 0.29) is 0 Å². The summed E-state index contributed by atoms with van der Waals surface area (Å²) < 4.78 is 0. The Balaban J connectivity index is 1.83. The number of hydrogen-bond acceptors (Lipinski definition) is 5. The Bertz CT molecular complexity index is 914. The number of pyridine rings is 2. The fourth-order valence-corrected chi connectivity index (χ4v) is 3.69. The van der Waals surface area contributed by atoms with Gasteiger partial charge in [-0.2, -0.15) is 5.26 Å². The molecule has 0 unspecified atom stereocenters. The number of nitriles is 1. The zero-order valence-electron chi connectivity index (χ0n) is 13.7. The third-order valence-electron chi connectivity index (χ3n) is 4.79. The molecule has 4 heterocycles. The third-order valence-corrected chi connectivity index (χ3v) is 4.79. The molecule has 0 aromatic carbocycles. The average molecular weight is 320 g/mol. The molecule has 1 fully saturated rings. The van der Waals surface area contributed by atoms with Crippen LogP contribution >= 0.6 is 0 Å². The number of rotatable bonds is 3. The largest absolute Gasteiger partial charge is 0.368 e. The van der Waals surface area contributed by atoms with Crippen LogP contribution in [0.15, 0.2) is 24.5 Å². The maximum atomic E-state index is 9.58. The van der Waals surface area contributed by atoms with Crippen molar-refractivity contribution in [3.63, 3.8) is 0 Å². The SMILES string of the molecule is CCNC1CCN(c2c(C#N)ncc3[nH]c4ncccc4c23)CC1. The minimum Gasteiger partial charge on any atom is -0.368 e. The van der Waals surface area contributed by atoms with Gasteiger partial charge in [-0.15, -0.1) is 0 Å². The van der Waals surface area contributed by atoms with E-state index in [1.54, 1.807) is 12.4 Å². The molecule has 0 bridgehead atoms. The van der Waals surface area contributed by atoms with Gasteiger partial charge in [0, 0.05) is 36.1 Å². The fraction of sp³-hybridized carbons (Fsp3) is 0.389. The number of nitrogens with one attached hydrogen (secondary N) is 2. The first kappa shape index (κ1) is 14.9. The van der Waals surface area contributed by atoms with E-state index in [0.29, 0.717) is 11.7 Å². The topological polar surface area (TPSA) is 80.6 Å². The van der Waals surface area contributed by atoms with Gasteiger partial charge in [0.2, 0.25) is 0 Å². The first-order valence-corrected chi connectivity index (χ1v) is 8.45. The lowest BCUT2D eigenvalue weighted by atomic mass is 10.0. The molecule has 0 saturated carbocycles. The molecule has 1 aliphatic rings. The van der Waals surface area contributed by atoms with E-state index in [1.165, 1.54) is 0 Å². The Kier molecular flexibility index (Phi) is 3.79. The first-order chi connectivity index (χ1) is 11.8. The monoisotopic (exact) mass is 320 g/mol. The maximum Gasteiger partial charge on any atom is 0.164 e. The first-order valence-electron chi connectivity index (χ1n) is 8.45. The Morgan fingerprint density at radius 1 is 1.38 bits per heavy atom. The zero-order chi connectivity index (χ0) is 16.5. The smallest absolute Gasteiger partial charge is 0.164 e. The predicted octanol–water partition coefficient (Wildman–Crippen LogP) is 2.56. The van der Waals surface area contributed by atoms with Crippen molar-refractivity contribution in [2.24, 2.45) is 0 Å². The maximum absolute atomic E-state index is 9.58. The highest BCUT2D eigenvalue weighted by molar-refractivity contribution is 6.13. The van der Waals surface area contributed by atoms with Crippen molar-refractivity contribution in [1.29, 1.82) is 5.26 Å². The van der Waals surface area contributed by atoms with E-state index in [2.05, 4.69) is 44.2 Å².